The molecule has 0 unspecified atom stereocenters. The summed E-state index contributed by atoms with van der Waals surface area (Å²) in [4.78, 5) is 24.2. The Labute approximate surface area is 156 Å². The highest BCUT2D eigenvalue weighted by Gasteiger charge is 2.10. The molecular weight excluding hydrogens is 363 g/mol. The van der Waals surface area contributed by atoms with E-state index in [9.17, 15) is 9.59 Å². The second-order valence-electron chi connectivity index (χ2n) is 5.26. The molecule has 0 aliphatic rings. The molecule has 0 aromatic heterocycles. The largest absolute Gasteiger partial charge is 0.385 e. The number of halogens is 2. The van der Waals surface area contributed by atoms with Crippen LogP contribution in [0.2, 0.25) is 10.0 Å². The van der Waals surface area contributed by atoms with Crippen LogP contribution >= 0.6 is 23.2 Å². The second kappa shape index (κ2) is 9.42. The predicted molar refractivity (Wildman–Crippen MR) is 99.7 cm³/mol. The van der Waals surface area contributed by atoms with E-state index in [4.69, 9.17) is 27.9 Å². The van der Waals surface area contributed by atoms with Gasteiger partial charge < -0.3 is 15.4 Å². The molecule has 0 spiro atoms. The first kappa shape index (κ1) is 19.2. The van der Waals surface area contributed by atoms with Crippen molar-refractivity contribution in [2.45, 2.75) is 6.42 Å². The van der Waals surface area contributed by atoms with Crippen molar-refractivity contribution in [1.29, 1.82) is 0 Å². The molecule has 2 aromatic carbocycles. The van der Waals surface area contributed by atoms with Gasteiger partial charge in [0, 0.05) is 37.1 Å². The average Bonchev–Trinajstić information content (AvgIpc) is 2.62. The molecule has 5 nitrogen and oxygen atoms in total. The van der Waals surface area contributed by atoms with Crippen LogP contribution in [-0.4, -0.2) is 32.1 Å². The Kier molecular flexibility index (Phi) is 7.25. The molecule has 0 bridgehead atoms. The van der Waals surface area contributed by atoms with E-state index >= 15 is 0 Å². The van der Waals surface area contributed by atoms with Crippen molar-refractivity contribution in [1.82, 2.24) is 5.32 Å². The summed E-state index contributed by atoms with van der Waals surface area (Å²) in [5, 5.41) is 6.29. The van der Waals surface area contributed by atoms with E-state index in [1.165, 1.54) is 0 Å². The summed E-state index contributed by atoms with van der Waals surface area (Å²) in [5.41, 5.74) is 1.46. The number of amides is 2. The van der Waals surface area contributed by atoms with Crippen LogP contribution < -0.4 is 10.6 Å². The van der Waals surface area contributed by atoms with Crippen LogP contribution in [0, 0.1) is 0 Å². The molecular formula is C18H18Cl2N2O3. The maximum Gasteiger partial charge on any atom is 0.255 e. The monoisotopic (exact) mass is 380 g/mol. The molecule has 2 N–H and O–H groups in total. The minimum absolute atomic E-state index is 0.187. The molecule has 25 heavy (non-hydrogen) atoms. The Morgan fingerprint density at radius 2 is 1.60 bits per heavy atom. The zero-order chi connectivity index (χ0) is 18.2. The molecule has 0 atom stereocenters. The fourth-order valence-electron chi connectivity index (χ4n) is 2.07. The molecule has 0 aliphatic carbocycles. The average molecular weight is 381 g/mol. The summed E-state index contributed by atoms with van der Waals surface area (Å²) in [6, 6.07) is 11.2. The van der Waals surface area contributed by atoms with E-state index in [0.29, 0.717) is 40.0 Å². The van der Waals surface area contributed by atoms with Crippen molar-refractivity contribution in [2.75, 3.05) is 25.6 Å². The van der Waals surface area contributed by atoms with Crippen LogP contribution in [0.5, 0.6) is 0 Å². The molecule has 7 heteroatoms. The molecule has 2 aromatic rings. The Balaban J connectivity index is 1.95. The number of carbonyl (C=O) groups is 2. The summed E-state index contributed by atoms with van der Waals surface area (Å²) < 4.78 is 4.92. The van der Waals surface area contributed by atoms with E-state index in [-0.39, 0.29) is 11.8 Å². The lowest BCUT2D eigenvalue weighted by Crippen LogP contribution is -2.25. The van der Waals surface area contributed by atoms with Gasteiger partial charge >= 0.3 is 0 Å². The van der Waals surface area contributed by atoms with Crippen molar-refractivity contribution in [2.24, 2.45) is 0 Å². The number of benzene rings is 2. The van der Waals surface area contributed by atoms with Crippen LogP contribution in [0.15, 0.2) is 42.5 Å². The maximum atomic E-state index is 12.2. The van der Waals surface area contributed by atoms with E-state index < -0.39 is 0 Å². The Hall–Kier alpha value is -2.08. The van der Waals surface area contributed by atoms with Crippen LogP contribution in [-0.2, 0) is 4.74 Å². The Morgan fingerprint density at radius 3 is 2.20 bits per heavy atom. The lowest BCUT2D eigenvalue weighted by atomic mass is 10.1. The standard InChI is InChI=1S/C18H18Cl2N2O3/c1-25-10-2-9-21-17(23)12-3-5-13(6-4-12)18(24)22-14-7-8-15(19)16(20)11-14/h3-8,11H,2,9-10H2,1H3,(H,21,23)(H,22,24). The number of nitrogens with one attached hydrogen (secondary N) is 2. The molecule has 0 radical (unpaired) electrons. The fraction of sp³-hybridized carbons (Fsp3) is 0.222. The lowest BCUT2D eigenvalue weighted by Gasteiger charge is -2.08. The number of carbonyl (C=O) groups excluding carboxylic acids is 2. The van der Waals surface area contributed by atoms with Gasteiger partial charge in [-0.05, 0) is 48.9 Å². The fourth-order valence-corrected chi connectivity index (χ4v) is 2.37. The summed E-state index contributed by atoms with van der Waals surface area (Å²) in [5.74, 6) is -0.488. The van der Waals surface area contributed by atoms with Gasteiger partial charge in [0.1, 0.15) is 0 Å². The first-order chi connectivity index (χ1) is 12.0. The number of hydrogen-bond donors (Lipinski definition) is 2. The van der Waals surface area contributed by atoms with Crippen LogP contribution in [0.3, 0.4) is 0 Å². The minimum atomic E-state index is -0.301. The van der Waals surface area contributed by atoms with E-state index in [1.807, 2.05) is 0 Å². The van der Waals surface area contributed by atoms with Crippen molar-refractivity contribution < 1.29 is 14.3 Å². The third-order valence-electron chi connectivity index (χ3n) is 3.40. The smallest absolute Gasteiger partial charge is 0.255 e. The van der Waals surface area contributed by atoms with Crippen LogP contribution in [0.25, 0.3) is 0 Å². The number of anilines is 1. The van der Waals surface area contributed by atoms with Gasteiger partial charge in [0.05, 0.1) is 10.0 Å². The first-order valence-corrected chi connectivity index (χ1v) is 8.40. The quantitative estimate of drug-likeness (QED) is 0.712. The maximum absolute atomic E-state index is 12.2. The van der Waals surface area contributed by atoms with E-state index in [1.54, 1.807) is 49.6 Å². The second-order valence-corrected chi connectivity index (χ2v) is 6.08. The molecule has 0 fully saturated rings. The Morgan fingerprint density at radius 1 is 0.960 bits per heavy atom. The van der Waals surface area contributed by atoms with Gasteiger partial charge in [0.15, 0.2) is 0 Å². The summed E-state index contributed by atoms with van der Waals surface area (Å²) in [6.07, 6.45) is 0.742. The molecule has 132 valence electrons. The van der Waals surface area contributed by atoms with Crippen LogP contribution in [0.1, 0.15) is 27.1 Å². The van der Waals surface area contributed by atoms with Gasteiger partial charge in [-0.2, -0.15) is 0 Å². The molecule has 2 rings (SSSR count). The first-order valence-electron chi connectivity index (χ1n) is 7.65. The zero-order valence-corrected chi connectivity index (χ0v) is 15.2. The highest BCUT2D eigenvalue weighted by atomic mass is 35.5. The van der Waals surface area contributed by atoms with Crippen molar-refractivity contribution in [3.8, 4) is 0 Å². The SMILES string of the molecule is COCCCNC(=O)c1ccc(C(=O)Nc2ccc(Cl)c(Cl)c2)cc1. The normalized spacial score (nSPS) is 10.4. The van der Waals surface area contributed by atoms with Gasteiger partial charge in [-0.1, -0.05) is 23.2 Å². The predicted octanol–water partition coefficient (Wildman–Crippen LogP) is 4.01. The highest BCUT2D eigenvalue weighted by molar-refractivity contribution is 6.42. The summed E-state index contributed by atoms with van der Waals surface area (Å²) >= 11 is 11.8. The van der Waals surface area contributed by atoms with Crippen molar-refractivity contribution in [3.63, 3.8) is 0 Å². The summed E-state index contributed by atoms with van der Waals surface area (Å²) in [6.45, 7) is 1.13. The van der Waals surface area contributed by atoms with Gasteiger partial charge in [0.25, 0.3) is 11.8 Å². The van der Waals surface area contributed by atoms with Gasteiger partial charge in [-0.15, -0.1) is 0 Å². The van der Waals surface area contributed by atoms with Gasteiger partial charge in [0.2, 0.25) is 0 Å². The van der Waals surface area contributed by atoms with E-state index in [2.05, 4.69) is 10.6 Å². The van der Waals surface area contributed by atoms with E-state index in [0.717, 1.165) is 6.42 Å². The van der Waals surface area contributed by atoms with Gasteiger partial charge in [-0.25, -0.2) is 0 Å². The molecule has 0 saturated carbocycles. The molecule has 0 heterocycles. The molecule has 2 amide bonds. The highest BCUT2D eigenvalue weighted by Crippen LogP contribution is 2.25. The van der Waals surface area contributed by atoms with Crippen LogP contribution in [0.4, 0.5) is 5.69 Å². The topological polar surface area (TPSA) is 67.4 Å². The van der Waals surface area contributed by atoms with Gasteiger partial charge in [-0.3, -0.25) is 9.59 Å². The Bertz CT molecular complexity index is 748. The number of methoxy groups -OCH3 is 1. The number of rotatable bonds is 7. The van der Waals surface area contributed by atoms with Crippen molar-refractivity contribution in [3.05, 3.63) is 63.6 Å². The molecule has 0 aliphatic heterocycles. The molecule has 0 saturated heterocycles. The third kappa shape index (κ3) is 5.74. The minimum Gasteiger partial charge on any atom is -0.385 e. The summed E-state index contributed by atoms with van der Waals surface area (Å²) in [7, 11) is 1.61. The zero-order valence-electron chi connectivity index (χ0n) is 13.6. The number of hydrogen-bond acceptors (Lipinski definition) is 3. The number of ether oxygens (including phenoxy) is 1. The lowest BCUT2D eigenvalue weighted by molar-refractivity contribution is 0.0947. The van der Waals surface area contributed by atoms with Crippen molar-refractivity contribution >= 4 is 40.7 Å². The third-order valence-corrected chi connectivity index (χ3v) is 4.14.